The molecule has 2 heterocycles. The average molecular weight is 221 g/mol. The van der Waals surface area contributed by atoms with Gasteiger partial charge in [0, 0.05) is 5.69 Å². The van der Waals surface area contributed by atoms with Crippen molar-refractivity contribution in [3.63, 3.8) is 0 Å². The van der Waals surface area contributed by atoms with Crippen molar-refractivity contribution in [3.05, 3.63) is 28.0 Å². The van der Waals surface area contributed by atoms with Crippen LogP contribution in [0, 0.1) is 6.92 Å². The molecule has 1 aliphatic rings. The van der Waals surface area contributed by atoms with E-state index in [2.05, 4.69) is 16.0 Å². The van der Waals surface area contributed by atoms with Crippen molar-refractivity contribution in [1.82, 2.24) is 9.97 Å². The maximum absolute atomic E-state index is 6.06. The van der Waals surface area contributed by atoms with E-state index < -0.39 is 0 Å². The number of rotatable bonds is 0. The van der Waals surface area contributed by atoms with Gasteiger partial charge in [0.2, 0.25) is 0 Å². The van der Waals surface area contributed by atoms with Crippen LogP contribution in [0.25, 0.3) is 11.0 Å². The molecule has 2 aromatic rings. The summed E-state index contributed by atoms with van der Waals surface area (Å²) in [4.78, 5) is 7.95. The monoisotopic (exact) mass is 220 g/mol. The highest BCUT2D eigenvalue weighted by atomic mass is 35.5. The third kappa shape index (κ3) is 1.36. The predicted molar refractivity (Wildman–Crippen MR) is 62.5 cm³/mol. The normalized spacial score (nSPS) is 15.6. The molecule has 3 heteroatoms. The van der Waals surface area contributed by atoms with Gasteiger partial charge in [-0.05, 0) is 49.8 Å². The molecule has 2 aromatic heterocycles. The smallest absolute Gasteiger partial charge is 0.132 e. The number of aromatic amines is 1. The van der Waals surface area contributed by atoms with Crippen molar-refractivity contribution in [2.75, 3.05) is 0 Å². The van der Waals surface area contributed by atoms with E-state index in [1.165, 1.54) is 24.1 Å². The molecule has 0 aliphatic heterocycles. The molecular formula is C12H13ClN2. The summed E-state index contributed by atoms with van der Waals surface area (Å²) in [7, 11) is 0. The fourth-order valence-corrected chi connectivity index (χ4v) is 2.52. The summed E-state index contributed by atoms with van der Waals surface area (Å²) >= 11 is 6.06. The fraction of sp³-hybridized carbons (Fsp3) is 0.417. The molecule has 1 N–H and O–H groups in total. The maximum atomic E-state index is 6.06. The van der Waals surface area contributed by atoms with Crippen LogP contribution in [-0.4, -0.2) is 9.97 Å². The highest BCUT2D eigenvalue weighted by molar-refractivity contribution is 6.30. The largest absolute Gasteiger partial charge is 0.357 e. The minimum Gasteiger partial charge on any atom is -0.357 e. The standard InChI is InChI=1S/C12H13ClN2/c1-7-6-10-11(15-12(7)13)8-4-2-3-5-9(8)14-10/h6,14H,2-5H2,1H3. The van der Waals surface area contributed by atoms with Gasteiger partial charge in [0.05, 0.1) is 11.0 Å². The zero-order chi connectivity index (χ0) is 10.4. The van der Waals surface area contributed by atoms with Gasteiger partial charge in [0.15, 0.2) is 0 Å². The summed E-state index contributed by atoms with van der Waals surface area (Å²) in [6, 6.07) is 2.10. The van der Waals surface area contributed by atoms with Crippen LogP contribution in [0.3, 0.4) is 0 Å². The molecule has 3 rings (SSSR count). The molecule has 2 nitrogen and oxygen atoms in total. The van der Waals surface area contributed by atoms with Crippen molar-refractivity contribution < 1.29 is 0 Å². The zero-order valence-corrected chi connectivity index (χ0v) is 9.49. The lowest BCUT2D eigenvalue weighted by Crippen LogP contribution is -2.00. The number of aryl methyl sites for hydroxylation is 3. The van der Waals surface area contributed by atoms with Crippen molar-refractivity contribution in [2.24, 2.45) is 0 Å². The summed E-state index contributed by atoms with van der Waals surface area (Å²) in [6.07, 6.45) is 4.85. The first-order valence-corrected chi connectivity index (χ1v) is 5.80. The Morgan fingerprint density at radius 2 is 2.13 bits per heavy atom. The van der Waals surface area contributed by atoms with E-state index in [9.17, 15) is 0 Å². The minimum absolute atomic E-state index is 0.634. The van der Waals surface area contributed by atoms with Gasteiger partial charge in [0.25, 0.3) is 0 Å². The second-order valence-electron chi connectivity index (χ2n) is 4.28. The van der Waals surface area contributed by atoms with Gasteiger partial charge in [-0.2, -0.15) is 0 Å². The molecule has 1 aliphatic carbocycles. The van der Waals surface area contributed by atoms with Gasteiger partial charge in [-0.15, -0.1) is 0 Å². The Balaban J connectivity index is 2.33. The van der Waals surface area contributed by atoms with E-state index in [0.717, 1.165) is 29.4 Å². The first-order chi connectivity index (χ1) is 7.25. The van der Waals surface area contributed by atoms with Crippen LogP contribution in [0.15, 0.2) is 6.07 Å². The van der Waals surface area contributed by atoms with Crippen LogP contribution in [0.4, 0.5) is 0 Å². The quantitative estimate of drug-likeness (QED) is 0.678. The van der Waals surface area contributed by atoms with Gasteiger partial charge in [0.1, 0.15) is 5.15 Å². The summed E-state index contributed by atoms with van der Waals surface area (Å²) in [5.74, 6) is 0. The summed E-state index contributed by atoms with van der Waals surface area (Å²) < 4.78 is 0. The van der Waals surface area contributed by atoms with E-state index in [1.54, 1.807) is 0 Å². The van der Waals surface area contributed by atoms with Crippen molar-refractivity contribution in [3.8, 4) is 0 Å². The van der Waals surface area contributed by atoms with Gasteiger partial charge in [-0.25, -0.2) is 4.98 Å². The molecule has 15 heavy (non-hydrogen) atoms. The number of nitrogens with one attached hydrogen (secondary N) is 1. The molecule has 0 saturated carbocycles. The number of fused-ring (bicyclic) bond motifs is 3. The SMILES string of the molecule is Cc1cc2[nH]c3c(c2nc1Cl)CCCC3. The summed E-state index contributed by atoms with van der Waals surface area (Å²) in [5, 5.41) is 0.634. The molecule has 0 radical (unpaired) electrons. The highest BCUT2D eigenvalue weighted by Gasteiger charge is 2.16. The zero-order valence-electron chi connectivity index (χ0n) is 8.73. The number of halogens is 1. The van der Waals surface area contributed by atoms with Crippen molar-refractivity contribution in [2.45, 2.75) is 32.6 Å². The number of pyridine rings is 1. The molecule has 78 valence electrons. The van der Waals surface area contributed by atoms with Crippen molar-refractivity contribution >= 4 is 22.6 Å². The molecule has 0 atom stereocenters. The van der Waals surface area contributed by atoms with E-state index in [-0.39, 0.29) is 0 Å². The molecule has 0 fully saturated rings. The van der Waals surface area contributed by atoms with E-state index >= 15 is 0 Å². The Labute approximate surface area is 93.7 Å². The van der Waals surface area contributed by atoms with E-state index in [4.69, 9.17) is 11.6 Å². The predicted octanol–water partition coefficient (Wildman–Crippen LogP) is 3.40. The number of nitrogens with zero attached hydrogens (tertiary/aromatic N) is 1. The average Bonchev–Trinajstić information content (AvgIpc) is 2.57. The van der Waals surface area contributed by atoms with Crippen LogP contribution in [0.1, 0.15) is 29.7 Å². The molecule has 0 saturated heterocycles. The Bertz CT molecular complexity index is 528. The Morgan fingerprint density at radius 1 is 1.33 bits per heavy atom. The third-order valence-electron chi connectivity index (χ3n) is 3.19. The summed E-state index contributed by atoms with van der Waals surface area (Å²) in [6.45, 7) is 1.99. The van der Waals surface area contributed by atoms with Gasteiger partial charge < -0.3 is 4.98 Å². The second-order valence-corrected chi connectivity index (χ2v) is 4.64. The molecule has 0 unspecified atom stereocenters. The number of aromatic nitrogens is 2. The Hall–Kier alpha value is -1.02. The number of hydrogen-bond donors (Lipinski definition) is 1. The van der Waals surface area contributed by atoms with Crippen LogP contribution < -0.4 is 0 Å². The van der Waals surface area contributed by atoms with Gasteiger partial charge >= 0.3 is 0 Å². The second kappa shape index (κ2) is 3.24. The third-order valence-corrected chi connectivity index (χ3v) is 3.57. The highest BCUT2D eigenvalue weighted by Crippen LogP contribution is 2.29. The Morgan fingerprint density at radius 3 is 3.00 bits per heavy atom. The van der Waals surface area contributed by atoms with Gasteiger partial charge in [-0.1, -0.05) is 11.6 Å². The molecule has 0 spiro atoms. The maximum Gasteiger partial charge on any atom is 0.132 e. The fourth-order valence-electron chi connectivity index (χ4n) is 2.38. The lowest BCUT2D eigenvalue weighted by Gasteiger charge is -2.09. The molecular weight excluding hydrogens is 208 g/mol. The van der Waals surface area contributed by atoms with Crippen LogP contribution in [-0.2, 0) is 12.8 Å². The van der Waals surface area contributed by atoms with Crippen LogP contribution in [0.2, 0.25) is 5.15 Å². The first kappa shape index (κ1) is 9.22. The lowest BCUT2D eigenvalue weighted by molar-refractivity contribution is 0.679. The number of hydrogen-bond acceptors (Lipinski definition) is 1. The van der Waals surface area contributed by atoms with Gasteiger partial charge in [-0.3, -0.25) is 0 Å². The van der Waals surface area contributed by atoms with E-state index in [1.807, 2.05) is 6.92 Å². The van der Waals surface area contributed by atoms with Crippen LogP contribution in [0.5, 0.6) is 0 Å². The summed E-state index contributed by atoms with van der Waals surface area (Å²) in [5.41, 5.74) is 6.02. The topological polar surface area (TPSA) is 28.7 Å². The molecule has 0 aromatic carbocycles. The number of H-pyrrole nitrogens is 1. The van der Waals surface area contributed by atoms with E-state index in [0.29, 0.717) is 5.15 Å². The van der Waals surface area contributed by atoms with Crippen LogP contribution >= 0.6 is 11.6 Å². The molecule has 0 amide bonds. The lowest BCUT2D eigenvalue weighted by atomic mass is 9.97. The van der Waals surface area contributed by atoms with Crippen molar-refractivity contribution in [1.29, 1.82) is 0 Å². The first-order valence-electron chi connectivity index (χ1n) is 5.42. The molecule has 0 bridgehead atoms. The Kier molecular flexibility index (Phi) is 1.99. The minimum atomic E-state index is 0.634.